The molecule has 4 aromatic rings. The van der Waals surface area contributed by atoms with Gasteiger partial charge in [0.05, 0.1) is 0 Å². The summed E-state index contributed by atoms with van der Waals surface area (Å²) < 4.78 is 6.68. The summed E-state index contributed by atoms with van der Waals surface area (Å²) in [4.78, 5) is 1.25. The molecule has 142 valence electrons. The van der Waals surface area contributed by atoms with Crippen LogP contribution in [-0.4, -0.2) is 6.54 Å². The molecule has 1 heterocycles. The third-order valence-corrected chi connectivity index (χ3v) is 6.19. The summed E-state index contributed by atoms with van der Waals surface area (Å²) in [6.07, 6.45) is 0.892. The number of benzene rings is 3. The van der Waals surface area contributed by atoms with E-state index in [0.29, 0.717) is 0 Å². The Hall–Kier alpha value is -2.62. The molecule has 1 aromatic heterocycles. The normalized spacial score (nSPS) is 13.3. The Kier molecular flexibility index (Phi) is 5.75. The summed E-state index contributed by atoms with van der Waals surface area (Å²) in [5.74, 6) is 0.942. The number of rotatable bonds is 8. The van der Waals surface area contributed by atoms with Crippen molar-refractivity contribution in [2.24, 2.45) is 0 Å². The topological polar surface area (TPSA) is 21.3 Å². The predicted molar refractivity (Wildman–Crippen MR) is 119 cm³/mol. The van der Waals surface area contributed by atoms with Crippen molar-refractivity contribution in [2.75, 3.05) is 6.54 Å². The molecule has 0 aliphatic carbocycles. The van der Waals surface area contributed by atoms with Gasteiger partial charge in [-0.3, -0.25) is 0 Å². The van der Waals surface area contributed by atoms with Crippen LogP contribution < -0.4 is 10.1 Å². The van der Waals surface area contributed by atoms with Gasteiger partial charge >= 0.3 is 0 Å². The van der Waals surface area contributed by atoms with Gasteiger partial charge in [0, 0.05) is 23.2 Å². The van der Waals surface area contributed by atoms with Gasteiger partial charge in [-0.15, -0.1) is 11.3 Å². The van der Waals surface area contributed by atoms with Crippen molar-refractivity contribution in [2.45, 2.75) is 25.5 Å². The minimum Gasteiger partial charge on any atom is -0.481 e. The molecule has 1 N–H and O–H groups in total. The zero-order valence-corrected chi connectivity index (χ0v) is 16.9. The van der Waals surface area contributed by atoms with Crippen LogP contribution in [0.1, 0.15) is 23.8 Å². The highest BCUT2D eigenvalue weighted by Gasteiger charge is 2.30. The largest absolute Gasteiger partial charge is 0.481 e. The molecule has 3 heteroatoms. The lowest BCUT2D eigenvalue weighted by Gasteiger charge is -2.31. The lowest BCUT2D eigenvalue weighted by atomic mass is 9.99. The molecule has 0 bridgehead atoms. The van der Waals surface area contributed by atoms with E-state index in [9.17, 15) is 0 Å². The molecule has 0 saturated carbocycles. The monoisotopic (exact) mass is 387 g/mol. The average molecular weight is 388 g/mol. The molecule has 1 unspecified atom stereocenters. The van der Waals surface area contributed by atoms with E-state index in [4.69, 9.17) is 4.74 Å². The van der Waals surface area contributed by atoms with E-state index in [-0.39, 0.29) is 5.60 Å². The van der Waals surface area contributed by atoms with Gasteiger partial charge in [0.15, 0.2) is 0 Å². The molecule has 3 aromatic carbocycles. The Bertz CT molecular complexity index is 1010. The highest BCUT2D eigenvalue weighted by atomic mass is 32.1. The Morgan fingerprint density at radius 2 is 1.64 bits per heavy atom. The molecule has 0 spiro atoms. The maximum atomic E-state index is 6.68. The Morgan fingerprint density at radius 1 is 0.857 bits per heavy atom. The van der Waals surface area contributed by atoms with Gasteiger partial charge in [-0.1, -0.05) is 72.8 Å². The van der Waals surface area contributed by atoms with E-state index in [1.54, 1.807) is 11.3 Å². The third kappa shape index (κ3) is 4.27. The van der Waals surface area contributed by atoms with Crippen LogP contribution in [0, 0.1) is 0 Å². The molecule has 0 aliphatic heterocycles. The molecule has 1 atom stereocenters. The maximum absolute atomic E-state index is 6.68. The Labute approximate surface area is 170 Å². The number of fused-ring (bicyclic) bond motifs is 1. The molecule has 0 aliphatic rings. The lowest BCUT2D eigenvalue weighted by Crippen LogP contribution is -2.33. The second-order valence-electron chi connectivity index (χ2n) is 7.20. The van der Waals surface area contributed by atoms with Gasteiger partial charge in [-0.05, 0) is 41.9 Å². The molecule has 28 heavy (non-hydrogen) atoms. The number of nitrogens with one attached hydrogen (secondary N) is 1. The Morgan fingerprint density at radius 3 is 2.46 bits per heavy atom. The van der Waals surface area contributed by atoms with Gasteiger partial charge in [-0.2, -0.15) is 0 Å². The van der Waals surface area contributed by atoms with Crippen molar-refractivity contribution in [3.05, 3.63) is 101 Å². The van der Waals surface area contributed by atoms with Crippen molar-refractivity contribution in [1.82, 2.24) is 5.32 Å². The van der Waals surface area contributed by atoms with Crippen molar-refractivity contribution in [3.63, 3.8) is 0 Å². The predicted octanol–water partition coefficient (Wildman–Crippen LogP) is 6.38. The summed E-state index contributed by atoms with van der Waals surface area (Å²) in [7, 11) is 0. The SMILES string of the molecule is CC(CCNCc1ccccc1)(Oc1cccc2ccccc12)c1cccs1. The van der Waals surface area contributed by atoms with Crippen LogP contribution in [0.2, 0.25) is 0 Å². The first-order chi connectivity index (χ1) is 13.7. The van der Waals surface area contributed by atoms with Crippen molar-refractivity contribution >= 4 is 22.1 Å². The highest BCUT2D eigenvalue weighted by Crippen LogP contribution is 2.36. The second kappa shape index (κ2) is 8.59. The van der Waals surface area contributed by atoms with Crippen molar-refractivity contribution < 1.29 is 4.74 Å². The molecule has 2 nitrogen and oxygen atoms in total. The minimum absolute atomic E-state index is 0.373. The molecular weight excluding hydrogens is 362 g/mol. The molecule has 4 rings (SSSR count). The zero-order chi connectivity index (χ0) is 19.2. The summed E-state index contributed by atoms with van der Waals surface area (Å²) >= 11 is 1.76. The maximum Gasteiger partial charge on any atom is 0.141 e. The summed E-state index contributed by atoms with van der Waals surface area (Å²) in [6, 6.07) is 29.5. The molecular formula is C25H25NOS. The standard InChI is InChI=1S/C25H25NOS/c1-25(24-15-8-18-28-24,16-17-26-19-20-9-3-2-4-10-20)27-23-14-7-12-21-11-5-6-13-22(21)23/h2-15,18,26H,16-17,19H2,1H3. The first-order valence-electron chi connectivity index (χ1n) is 9.70. The average Bonchev–Trinajstić information content (AvgIpc) is 3.28. The number of hydrogen-bond donors (Lipinski definition) is 1. The van der Waals surface area contributed by atoms with Gasteiger partial charge in [0.25, 0.3) is 0 Å². The molecule has 0 amide bonds. The first-order valence-corrected chi connectivity index (χ1v) is 10.6. The molecule has 0 radical (unpaired) electrons. The number of hydrogen-bond acceptors (Lipinski definition) is 3. The van der Waals surface area contributed by atoms with E-state index >= 15 is 0 Å². The van der Waals surface area contributed by atoms with Crippen LogP contribution in [0.15, 0.2) is 90.3 Å². The fourth-order valence-corrected chi connectivity index (χ4v) is 4.34. The van der Waals surface area contributed by atoms with Crippen molar-refractivity contribution in [1.29, 1.82) is 0 Å². The smallest absolute Gasteiger partial charge is 0.141 e. The van der Waals surface area contributed by atoms with Gasteiger partial charge in [0.1, 0.15) is 11.4 Å². The van der Waals surface area contributed by atoms with Crippen molar-refractivity contribution in [3.8, 4) is 5.75 Å². The fraction of sp³-hybridized carbons (Fsp3) is 0.200. The van der Waals surface area contributed by atoms with Crippen LogP contribution in [0.3, 0.4) is 0 Å². The van der Waals surface area contributed by atoms with E-state index < -0.39 is 0 Å². The quantitative estimate of drug-likeness (QED) is 0.354. The highest BCUT2D eigenvalue weighted by molar-refractivity contribution is 7.10. The van der Waals surface area contributed by atoms with E-state index in [1.165, 1.54) is 15.8 Å². The van der Waals surface area contributed by atoms with E-state index in [1.807, 2.05) is 0 Å². The number of ether oxygens (including phenoxy) is 1. The first kappa shape index (κ1) is 18.7. The fourth-order valence-electron chi connectivity index (χ4n) is 3.49. The van der Waals surface area contributed by atoms with Gasteiger partial charge in [-0.25, -0.2) is 0 Å². The third-order valence-electron chi connectivity index (χ3n) is 5.08. The van der Waals surface area contributed by atoms with E-state index in [2.05, 4.69) is 103 Å². The van der Waals surface area contributed by atoms with Crippen LogP contribution in [0.5, 0.6) is 5.75 Å². The molecule has 0 saturated heterocycles. The lowest BCUT2D eigenvalue weighted by molar-refractivity contribution is 0.0827. The van der Waals surface area contributed by atoms with Crippen LogP contribution in [0.25, 0.3) is 10.8 Å². The Balaban J connectivity index is 1.51. The second-order valence-corrected chi connectivity index (χ2v) is 8.15. The summed E-state index contributed by atoms with van der Waals surface area (Å²) in [5.41, 5.74) is 0.928. The van der Waals surface area contributed by atoms with Gasteiger partial charge in [0.2, 0.25) is 0 Å². The van der Waals surface area contributed by atoms with Crippen LogP contribution in [0.4, 0.5) is 0 Å². The van der Waals surface area contributed by atoms with Crippen LogP contribution >= 0.6 is 11.3 Å². The number of thiophene rings is 1. The summed E-state index contributed by atoms with van der Waals surface area (Å²) in [5, 5.41) is 8.05. The molecule has 0 fully saturated rings. The van der Waals surface area contributed by atoms with Gasteiger partial charge < -0.3 is 10.1 Å². The minimum atomic E-state index is -0.373. The zero-order valence-electron chi connectivity index (χ0n) is 16.1. The summed E-state index contributed by atoms with van der Waals surface area (Å²) in [6.45, 7) is 3.95. The van der Waals surface area contributed by atoms with E-state index in [0.717, 1.165) is 30.6 Å². The van der Waals surface area contributed by atoms with Crippen LogP contribution in [-0.2, 0) is 12.1 Å².